The standard InChI is InChI=1S/C75H146O17P2/c1-6-9-12-15-18-21-24-27-29-30-32-35-40-45-50-55-60-74(79)91-70(64-86-73(78)59-54-49-44-39-34-31-28-25-22-19-16-13-10-7-2)66-89-93(81,82)87-62-69(76)63-88-94(83,84)90-67-71(92-75(80)61-56-51-46-41-36-37-42-47-52-57-68(4)5)65-85-72(77)58-53-48-43-38-33-26-23-20-17-14-11-8-3/h68-71,76H,6-67H2,1-5H3,(H,81,82)(H,83,84)/t69-,70-,71-/m1/s1. The second kappa shape index (κ2) is 68.2. The summed E-state index contributed by atoms with van der Waals surface area (Å²) in [6, 6.07) is 0. The van der Waals surface area contributed by atoms with Crippen molar-refractivity contribution in [2.75, 3.05) is 39.6 Å². The highest BCUT2D eigenvalue weighted by molar-refractivity contribution is 7.47. The van der Waals surface area contributed by atoms with Gasteiger partial charge in [0.15, 0.2) is 12.2 Å². The molecule has 2 unspecified atom stereocenters. The van der Waals surface area contributed by atoms with Crippen molar-refractivity contribution in [3.8, 4) is 0 Å². The fourth-order valence-corrected chi connectivity index (χ4v) is 13.1. The quantitative estimate of drug-likeness (QED) is 0.0222. The van der Waals surface area contributed by atoms with Crippen LogP contribution in [0.3, 0.4) is 0 Å². The summed E-state index contributed by atoms with van der Waals surface area (Å²) in [7, 11) is -9.91. The van der Waals surface area contributed by atoms with Gasteiger partial charge in [0.05, 0.1) is 26.4 Å². The monoisotopic (exact) mass is 1380 g/mol. The lowest BCUT2D eigenvalue weighted by molar-refractivity contribution is -0.161. The minimum absolute atomic E-state index is 0.106. The number of rotatable bonds is 75. The summed E-state index contributed by atoms with van der Waals surface area (Å²) in [5.74, 6) is -1.38. The Labute approximate surface area is 575 Å². The van der Waals surface area contributed by atoms with Crippen LogP contribution < -0.4 is 0 Å². The summed E-state index contributed by atoms with van der Waals surface area (Å²) in [4.78, 5) is 72.8. The largest absolute Gasteiger partial charge is 0.472 e. The Hall–Kier alpha value is -1.94. The number of hydrogen-bond donors (Lipinski definition) is 3. The molecule has 0 heterocycles. The molecule has 0 aliphatic rings. The molecule has 5 atom stereocenters. The van der Waals surface area contributed by atoms with Gasteiger partial charge in [-0.1, -0.05) is 343 Å². The van der Waals surface area contributed by atoms with Gasteiger partial charge in [0.25, 0.3) is 0 Å². The predicted molar refractivity (Wildman–Crippen MR) is 382 cm³/mol. The number of unbranched alkanes of at least 4 members (excludes halogenated alkanes) is 47. The topological polar surface area (TPSA) is 237 Å². The minimum Gasteiger partial charge on any atom is -0.462 e. The zero-order chi connectivity index (χ0) is 69.1. The molecule has 558 valence electrons. The molecule has 0 aliphatic heterocycles. The fraction of sp³-hybridized carbons (Fsp3) is 0.947. The lowest BCUT2D eigenvalue weighted by Crippen LogP contribution is -2.30. The van der Waals surface area contributed by atoms with Gasteiger partial charge >= 0.3 is 39.5 Å². The van der Waals surface area contributed by atoms with Crippen molar-refractivity contribution in [3.05, 3.63) is 0 Å². The third-order valence-corrected chi connectivity index (χ3v) is 19.4. The zero-order valence-corrected chi connectivity index (χ0v) is 62.9. The molecule has 17 nitrogen and oxygen atoms in total. The zero-order valence-electron chi connectivity index (χ0n) is 61.1. The van der Waals surface area contributed by atoms with Gasteiger partial charge in [-0.05, 0) is 31.6 Å². The van der Waals surface area contributed by atoms with Gasteiger partial charge in [-0.3, -0.25) is 37.3 Å². The number of aliphatic hydroxyl groups excluding tert-OH is 1. The second-order valence-corrected chi connectivity index (χ2v) is 30.4. The van der Waals surface area contributed by atoms with Crippen LogP contribution in [0.5, 0.6) is 0 Å². The molecule has 0 fully saturated rings. The summed E-state index contributed by atoms with van der Waals surface area (Å²) in [5, 5.41) is 10.6. The first kappa shape index (κ1) is 92.1. The first-order valence-corrected chi connectivity index (χ1v) is 42.1. The molecule has 19 heteroatoms. The highest BCUT2D eigenvalue weighted by atomic mass is 31.2. The third kappa shape index (κ3) is 68.6. The number of esters is 4. The molecular weight excluding hydrogens is 1230 g/mol. The van der Waals surface area contributed by atoms with Crippen molar-refractivity contribution in [1.82, 2.24) is 0 Å². The van der Waals surface area contributed by atoms with E-state index in [1.54, 1.807) is 0 Å². The molecule has 94 heavy (non-hydrogen) atoms. The van der Waals surface area contributed by atoms with E-state index in [9.17, 15) is 43.2 Å². The highest BCUT2D eigenvalue weighted by Crippen LogP contribution is 2.45. The second-order valence-electron chi connectivity index (χ2n) is 27.5. The number of carbonyl (C=O) groups is 4. The number of phosphoric ester groups is 2. The Kier molecular flexibility index (Phi) is 66.8. The van der Waals surface area contributed by atoms with Crippen LogP contribution in [0.25, 0.3) is 0 Å². The number of ether oxygens (including phenoxy) is 4. The first-order valence-electron chi connectivity index (χ1n) is 39.1. The molecule has 0 amide bonds. The van der Waals surface area contributed by atoms with E-state index in [1.165, 1.54) is 218 Å². The van der Waals surface area contributed by atoms with Crippen LogP contribution in [0, 0.1) is 5.92 Å². The Balaban J connectivity index is 5.25. The van der Waals surface area contributed by atoms with Gasteiger partial charge in [-0.25, -0.2) is 9.13 Å². The van der Waals surface area contributed by atoms with E-state index in [2.05, 4.69) is 34.6 Å². The molecule has 0 rings (SSSR count). The smallest absolute Gasteiger partial charge is 0.462 e. The summed E-state index contributed by atoms with van der Waals surface area (Å²) >= 11 is 0. The van der Waals surface area contributed by atoms with Crippen LogP contribution in [0.4, 0.5) is 0 Å². The Bertz CT molecular complexity index is 1810. The Morgan fingerprint density at radius 2 is 0.489 bits per heavy atom. The van der Waals surface area contributed by atoms with Gasteiger partial charge in [0.1, 0.15) is 19.3 Å². The van der Waals surface area contributed by atoms with E-state index >= 15 is 0 Å². The van der Waals surface area contributed by atoms with Crippen molar-refractivity contribution in [1.29, 1.82) is 0 Å². The maximum absolute atomic E-state index is 13.1. The number of carbonyl (C=O) groups excluding carboxylic acids is 4. The van der Waals surface area contributed by atoms with E-state index in [0.29, 0.717) is 25.7 Å². The van der Waals surface area contributed by atoms with Gasteiger partial charge in [-0.15, -0.1) is 0 Å². The summed E-state index contributed by atoms with van der Waals surface area (Å²) < 4.78 is 68.5. The van der Waals surface area contributed by atoms with E-state index < -0.39 is 97.5 Å². The van der Waals surface area contributed by atoms with Crippen molar-refractivity contribution >= 4 is 39.5 Å². The predicted octanol–water partition coefficient (Wildman–Crippen LogP) is 22.1. The molecule has 0 aromatic heterocycles. The molecule has 0 spiro atoms. The molecular formula is C75H146O17P2. The molecule has 0 saturated heterocycles. The fourth-order valence-electron chi connectivity index (χ4n) is 11.5. The molecule has 3 N–H and O–H groups in total. The van der Waals surface area contributed by atoms with Crippen molar-refractivity contribution in [2.45, 2.75) is 412 Å². The molecule has 0 aromatic rings. The molecule has 0 saturated carbocycles. The third-order valence-electron chi connectivity index (χ3n) is 17.5. The van der Waals surface area contributed by atoms with Gasteiger partial charge < -0.3 is 33.8 Å². The van der Waals surface area contributed by atoms with Gasteiger partial charge in [-0.2, -0.15) is 0 Å². The lowest BCUT2D eigenvalue weighted by atomic mass is 10.0. The van der Waals surface area contributed by atoms with Crippen LogP contribution >= 0.6 is 15.6 Å². The highest BCUT2D eigenvalue weighted by Gasteiger charge is 2.30. The first-order chi connectivity index (χ1) is 45.5. The molecule has 0 bridgehead atoms. The van der Waals surface area contributed by atoms with E-state index in [0.717, 1.165) is 95.8 Å². The van der Waals surface area contributed by atoms with Crippen molar-refractivity contribution in [2.24, 2.45) is 5.92 Å². The lowest BCUT2D eigenvalue weighted by Gasteiger charge is -2.21. The number of phosphoric acid groups is 2. The van der Waals surface area contributed by atoms with Crippen LogP contribution in [0.2, 0.25) is 0 Å². The van der Waals surface area contributed by atoms with Crippen molar-refractivity contribution < 1.29 is 80.2 Å². The van der Waals surface area contributed by atoms with Gasteiger partial charge in [0.2, 0.25) is 0 Å². The number of aliphatic hydroxyl groups is 1. The van der Waals surface area contributed by atoms with E-state index in [-0.39, 0.29) is 25.7 Å². The Morgan fingerprint density at radius 3 is 0.723 bits per heavy atom. The van der Waals surface area contributed by atoms with Crippen molar-refractivity contribution in [3.63, 3.8) is 0 Å². The van der Waals surface area contributed by atoms with Gasteiger partial charge in [0, 0.05) is 25.7 Å². The van der Waals surface area contributed by atoms with E-state index in [1.807, 2.05) is 0 Å². The Morgan fingerprint density at radius 1 is 0.287 bits per heavy atom. The average molecular weight is 1380 g/mol. The molecule has 0 radical (unpaired) electrons. The normalized spacial score (nSPS) is 14.0. The summed E-state index contributed by atoms with van der Waals surface area (Å²) in [6.45, 7) is 7.27. The average Bonchev–Trinajstić information content (AvgIpc) is 3.72. The van der Waals surface area contributed by atoms with Crippen LogP contribution in [0.15, 0.2) is 0 Å². The molecule has 0 aromatic carbocycles. The van der Waals surface area contributed by atoms with E-state index in [4.69, 9.17) is 37.0 Å². The van der Waals surface area contributed by atoms with Crippen LogP contribution in [0.1, 0.15) is 394 Å². The summed E-state index contributed by atoms with van der Waals surface area (Å²) in [6.07, 6.45) is 56.7. The minimum atomic E-state index is -4.96. The maximum atomic E-state index is 13.1. The molecule has 0 aliphatic carbocycles. The maximum Gasteiger partial charge on any atom is 0.472 e. The number of hydrogen-bond acceptors (Lipinski definition) is 15. The summed E-state index contributed by atoms with van der Waals surface area (Å²) in [5.41, 5.74) is 0. The van der Waals surface area contributed by atoms with Crippen LogP contribution in [-0.2, 0) is 65.4 Å². The SMILES string of the molecule is CCCCCCCCCCCCCCCCCCC(=O)O[C@H](COC(=O)CCCCCCCCCCCCCCCC)COP(=O)(O)OC[C@@H](O)COP(=O)(O)OC[C@@H](COC(=O)CCCCCCCCCCCCCC)OC(=O)CCCCCCCCCCCC(C)C. The van der Waals surface area contributed by atoms with Crippen LogP contribution in [-0.4, -0.2) is 96.7 Å².